The van der Waals surface area contributed by atoms with Gasteiger partial charge in [0, 0.05) is 31.4 Å². The fourth-order valence-corrected chi connectivity index (χ4v) is 2.91. The van der Waals surface area contributed by atoms with Crippen LogP contribution in [0.1, 0.15) is 36.0 Å². The number of hydrogen-bond acceptors (Lipinski definition) is 4. The number of ether oxygens (including phenoxy) is 1. The molecule has 1 fully saturated rings. The molecule has 0 aromatic heterocycles. The Morgan fingerprint density at radius 3 is 2.64 bits per heavy atom. The van der Waals surface area contributed by atoms with Crippen molar-refractivity contribution in [2.75, 3.05) is 26.1 Å². The molecular formula is C17H24N2O3. The topological polar surface area (TPSA) is 58.6 Å². The predicted molar refractivity (Wildman–Crippen MR) is 86.0 cm³/mol. The van der Waals surface area contributed by atoms with E-state index in [9.17, 15) is 9.59 Å². The maximum absolute atomic E-state index is 12.5. The Hall–Kier alpha value is -2.04. The van der Waals surface area contributed by atoms with Gasteiger partial charge in [-0.05, 0) is 31.0 Å². The van der Waals surface area contributed by atoms with Crippen LogP contribution in [0.4, 0.5) is 5.69 Å². The summed E-state index contributed by atoms with van der Waals surface area (Å²) in [7, 11) is 5.27. The summed E-state index contributed by atoms with van der Waals surface area (Å²) >= 11 is 0. The van der Waals surface area contributed by atoms with Crippen molar-refractivity contribution in [2.45, 2.75) is 31.7 Å². The van der Waals surface area contributed by atoms with Crippen LogP contribution in [0.3, 0.4) is 0 Å². The van der Waals surface area contributed by atoms with Gasteiger partial charge in [0.1, 0.15) is 0 Å². The van der Waals surface area contributed by atoms with Crippen LogP contribution in [0.25, 0.3) is 0 Å². The molecule has 1 saturated carbocycles. The fraction of sp³-hybridized carbons (Fsp3) is 0.529. The standard InChI is InChI=1S/C17H24N2O3/c1-19(2)13-8-6-7-12(11-13)16(20)18-15-10-5-4-9-14(15)17(21)22-3/h6-8,11,14-15H,4-5,9-10H2,1-3H3,(H,18,20)/t14-,15+/m1/s1. The minimum atomic E-state index is -0.236. The molecule has 5 heteroatoms. The molecule has 1 aromatic carbocycles. The molecule has 1 aliphatic carbocycles. The third-order valence-corrected chi connectivity index (χ3v) is 4.21. The molecule has 1 amide bonds. The molecule has 1 aromatic rings. The molecule has 0 radical (unpaired) electrons. The molecule has 5 nitrogen and oxygen atoms in total. The number of anilines is 1. The highest BCUT2D eigenvalue weighted by molar-refractivity contribution is 5.95. The average Bonchev–Trinajstić information content (AvgIpc) is 2.54. The molecule has 1 N–H and O–H groups in total. The molecule has 0 heterocycles. The minimum absolute atomic E-state index is 0.135. The summed E-state index contributed by atoms with van der Waals surface area (Å²) in [6.07, 6.45) is 3.62. The number of rotatable bonds is 4. The van der Waals surface area contributed by atoms with Gasteiger partial charge in [0.15, 0.2) is 0 Å². The van der Waals surface area contributed by atoms with Gasteiger partial charge in [-0.15, -0.1) is 0 Å². The van der Waals surface area contributed by atoms with Gasteiger partial charge < -0.3 is 15.0 Å². The van der Waals surface area contributed by atoms with E-state index in [1.54, 1.807) is 6.07 Å². The lowest BCUT2D eigenvalue weighted by Crippen LogP contribution is -2.45. The van der Waals surface area contributed by atoms with Gasteiger partial charge in [-0.2, -0.15) is 0 Å². The quantitative estimate of drug-likeness (QED) is 0.867. The first-order valence-corrected chi connectivity index (χ1v) is 7.69. The fourth-order valence-electron chi connectivity index (χ4n) is 2.91. The van der Waals surface area contributed by atoms with Crippen LogP contribution in [-0.2, 0) is 9.53 Å². The molecule has 120 valence electrons. The normalized spacial score (nSPS) is 21.0. The van der Waals surface area contributed by atoms with E-state index in [1.807, 2.05) is 37.2 Å². The van der Waals surface area contributed by atoms with E-state index in [2.05, 4.69) is 5.32 Å². The summed E-state index contributed by atoms with van der Waals surface area (Å²) in [6, 6.07) is 7.32. The Bertz CT molecular complexity index is 542. The molecular weight excluding hydrogens is 280 g/mol. The SMILES string of the molecule is COC(=O)[C@@H]1CCCC[C@@H]1NC(=O)c1cccc(N(C)C)c1. The third-order valence-electron chi connectivity index (χ3n) is 4.21. The Morgan fingerprint density at radius 1 is 1.23 bits per heavy atom. The zero-order valence-electron chi connectivity index (χ0n) is 13.5. The number of methoxy groups -OCH3 is 1. The number of hydrogen-bond donors (Lipinski definition) is 1. The van der Waals surface area contributed by atoms with Gasteiger partial charge in [-0.3, -0.25) is 9.59 Å². The highest BCUT2D eigenvalue weighted by atomic mass is 16.5. The Labute approximate surface area is 131 Å². The molecule has 1 aliphatic rings. The number of esters is 1. The minimum Gasteiger partial charge on any atom is -0.469 e. The van der Waals surface area contributed by atoms with Crippen LogP contribution >= 0.6 is 0 Å². The number of nitrogens with zero attached hydrogens (tertiary/aromatic N) is 1. The molecule has 0 spiro atoms. The van der Waals surface area contributed by atoms with E-state index in [4.69, 9.17) is 4.74 Å². The summed E-state index contributed by atoms with van der Waals surface area (Å²) in [5, 5.41) is 3.01. The first kappa shape index (κ1) is 16.3. The van der Waals surface area contributed by atoms with E-state index in [1.165, 1.54) is 7.11 Å². The van der Waals surface area contributed by atoms with Crippen molar-refractivity contribution in [1.82, 2.24) is 5.32 Å². The second kappa shape index (κ2) is 7.29. The van der Waals surface area contributed by atoms with Gasteiger partial charge >= 0.3 is 5.97 Å². The summed E-state index contributed by atoms with van der Waals surface area (Å²) in [5.41, 5.74) is 1.58. The van der Waals surface area contributed by atoms with Crippen LogP contribution in [0.5, 0.6) is 0 Å². The average molecular weight is 304 g/mol. The van der Waals surface area contributed by atoms with Crippen molar-refractivity contribution >= 4 is 17.6 Å². The Morgan fingerprint density at radius 2 is 1.95 bits per heavy atom. The summed E-state index contributed by atoms with van der Waals surface area (Å²) in [6.45, 7) is 0. The van der Waals surface area contributed by atoms with Gasteiger partial charge in [0.25, 0.3) is 5.91 Å². The first-order chi connectivity index (χ1) is 10.5. The van der Waals surface area contributed by atoms with Crippen molar-refractivity contribution < 1.29 is 14.3 Å². The van der Waals surface area contributed by atoms with Crippen LogP contribution in [0.15, 0.2) is 24.3 Å². The van der Waals surface area contributed by atoms with Crippen LogP contribution < -0.4 is 10.2 Å². The zero-order chi connectivity index (χ0) is 16.1. The number of carbonyl (C=O) groups excluding carboxylic acids is 2. The first-order valence-electron chi connectivity index (χ1n) is 7.69. The zero-order valence-corrected chi connectivity index (χ0v) is 13.5. The van der Waals surface area contributed by atoms with E-state index in [0.29, 0.717) is 5.56 Å². The second-order valence-electron chi connectivity index (χ2n) is 5.94. The van der Waals surface area contributed by atoms with Crippen molar-refractivity contribution in [3.05, 3.63) is 29.8 Å². The third kappa shape index (κ3) is 3.78. The van der Waals surface area contributed by atoms with Gasteiger partial charge in [-0.25, -0.2) is 0 Å². The summed E-state index contributed by atoms with van der Waals surface area (Å²) in [5.74, 6) is -0.601. The molecule has 0 aliphatic heterocycles. The van der Waals surface area contributed by atoms with E-state index in [0.717, 1.165) is 31.4 Å². The molecule has 0 unspecified atom stereocenters. The lowest BCUT2D eigenvalue weighted by molar-refractivity contribution is -0.147. The van der Waals surface area contributed by atoms with E-state index >= 15 is 0 Å². The van der Waals surface area contributed by atoms with E-state index in [-0.39, 0.29) is 23.8 Å². The number of benzene rings is 1. The summed E-state index contributed by atoms with van der Waals surface area (Å²) < 4.78 is 4.86. The lowest BCUT2D eigenvalue weighted by Gasteiger charge is -2.30. The van der Waals surface area contributed by atoms with Crippen LogP contribution in [0.2, 0.25) is 0 Å². The highest BCUT2D eigenvalue weighted by Gasteiger charge is 2.32. The molecule has 0 bridgehead atoms. The molecule has 2 rings (SSSR count). The molecule has 2 atom stereocenters. The van der Waals surface area contributed by atoms with Gasteiger partial charge in [-0.1, -0.05) is 18.9 Å². The monoisotopic (exact) mass is 304 g/mol. The van der Waals surface area contributed by atoms with Gasteiger partial charge in [0.05, 0.1) is 13.0 Å². The molecule has 0 saturated heterocycles. The highest BCUT2D eigenvalue weighted by Crippen LogP contribution is 2.26. The predicted octanol–water partition coefficient (Wildman–Crippen LogP) is 2.21. The number of amides is 1. The molecule has 22 heavy (non-hydrogen) atoms. The van der Waals surface area contributed by atoms with Crippen LogP contribution in [-0.4, -0.2) is 39.1 Å². The maximum Gasteiger partial charge on any atom is 0.310 e. The van der Waals surface area contributed by atoms with Gasteiger partial charge in [0.2, 0.25) is 0 Å². The van der Waals surface area contributed by atoms with E-state index < -0.39 is 0 Å². The van der Waals surface area contributed by atoms with Crippen molar-refractivity contribution in [3.8, 4) is 0 Å². The van der Waals surface area contributed by atoms with Crippen LogP contribution in [0, 0.1) is 5.92 Å². The summed E-state index contributed by atoms with van der Waals surface area (Å²) in [4.78, 5) is 26.3. The van der Waals surface area contributed by atoms with Crippen molar-refractivity contribution in [3.63, 3.8) is 0 Å². The lowest BCUT2D eigenvalue weighted by atomic mass is 9.84. The largest absolute Gasteiger partial charge is 0.469 e. The Kier molecular flexibility index (Phi) is 5.41. The maximum atomic E-state index is 12.5. The smallest absolute Gasteiger partial charge is 0.310 e. The second-order valence-corrected chi connectivity index (χ2v) is 5.94. The van der Waals surface area contributed by atoms with Crippen molar-refractivity contribution in [1.29, 1.82) is 0 Å². The van der Waals surface area contributed by atoms with Crippen molar-refractivity contribution in [2.24, 2.45) is 5.92 Å². The number of carbonyl (C=O) groups is 2. The number of nitrogens with one attached hydrogen (secondary N) is 1. The Balaban J connectivity index is 2.09.